The van der Waals surface area contributed by atoms with Crippen molar-refractivity contribution in [2.24, 2.45) is 0 Å². The smallest absolute Gasteiger partial charge is 0.259 e. The fourth-order valence-electron chi connectivity index (χ4n) is 1.37. The number of amides is 1. The number of carbonyl (C=O) groups excluding carboxylic acids is 1. The number of benzene rings is 1. The molecule has 0 aliphatic carbocycles. The summed E-state index contributed by atoms with van der Waals surface area (Å²) in [6.07, 6.45) is 2.88. The monoisotopic (exact) mass is 264 g/mol. The summed E-state index contributed by atoms with van der Waals surface area (Å²) in [6.45, 7) is 0. The first-order valence-electron chi connectivity index (χ1n) is 5.01. The molecule has 1 amide bonds. The van der Waals surface area contributed by atoms with Crippen LogP contribution in [0.2, 0.25) is 5.02 Å². The van der Waals surface area contributed by atoms with Crippen LogP contribution in [0, 0.1) is 0 Å². The van der Waals surface area contributed by atoms with Gasteiger partial charge in [-0.3, -0.25) is 9.78 Å². The zero-order valence-corrected chi connectivity index (χ0v) is 9.85. The average molecular weight is 265 g/mol. The molecule has 5 nitrogen and oxygen atoms in total. The van der Waals surface area contributed by atoms with Gasteiger partial charge in [-0.15, -0.1) is 0 Å². The van der Waals surface area contributed by atoms with Crippen LogP contribution in [0.1, 0.15) is 10.4 Å². The Labute approximate surface area is 108 Å². The van der Waals surface area contributed by atoms with Crippen molar-refractivity contribution >= 4 is 23.2 Å². The summed E-state index contributed by atoms with van der Waals surface area (Å²) in [5.41, 5.74) is 0.279. The zero-order valence-electron chi connectivity index (χ0n) is 9.09. The van der Waals surface area contributed by atoms with E-state index in [1.165, 1.54) is 30.6 Å². The van der Waals surface area contributed by atoms with Crippen molar-refractivity contribution in [2.45, 2.75) is 0 Å². The lowest BCUT2D eigenvalue weighted by Gasteiger charge is -2.08. The molecule has 0 aliphatic rings. The first-order valence-corrected chi connectivity index (χ1v) is 5.38. The van der Waals surface area contributed by atoms with Crippen LogP contribution in [-0.2, 0) is 0 Å². The highest BCUT2D eigenvalue weighted by Gasteiger charge is 2.13. The number of aromatic nitrogens is 1. The molecule has 2 aromatic rings. The van der Waals surface area contributed by atoms with E-state index < -0.39 is 5.91 Å². The average Bonchev–Trinajstić information content (AvgIpc) is 2.35. The van der Waals surface area contributed by atoms with E-state index in [1.54, 1.807) is 0 Å². The van der Waals surface area contributed by atoms with E-state index in [9.17, 15) is 15.0 Å². The maximum atomic E-state index is 11.9. The van der Waals surface area contributed by atoms with Gasteiger partial charge in [-0.2, -0.15) is 0 Å². The summed E-state index contributed by atoms with van der Waals surface area (Å²) in [5.74, 6) is -0.932. The molecular formula is C12H9ClN2O3. The van der Waals surface area contributed by atoms with Crippen LogP contribution in [0.25, 0.3) is 0 Å². The summed E-state index contributed by atoms with van der Waals surface area (Å²) < 4.78 is 0. The minimum atomic E-state index is -0.585. The second-order valence-electron chi connectivity index (χ2n) is 3.51. The molecule has 0 aliphatic heterocycles. The number of aromatic hydroxyl groups is 2. The van der Waals surface area contributed by atoms with Gasteiger partial charge in [-0.1, -0.05) is 11.6 Å². The molecule has 0 saturated carbocycles. The van der Waals surface area contributed by atoms with Gasteiger partial charge in [0.1, 0.15) is 11.5 Å². The third-order valence-electron chi connectivity index (χ3n) is 2.24. The van der Waals surface area contributed by atoms with Crippen molar-refractivity contribution in [3.63, 3.8) is 0 Å². The highest BCUT2D eigenvalue weighted by Crippen LogP contribution is 2.25. The molecule has 0 unspecified atom stereocenters. The van der Waals surface area contributed by atoms with E-state index in [4.69, 9.17) is 11.6 Å². The van der Waals surface area contributed by atoms with Crippen molar-refractivity contribution < 1.29 is 15.0 Å². The van der Waals surface area contributed by atoms with Crippen LogP contribution in [-0.4, -0.2) is 21.1 Å². The SMILES string of the molecule is O=C(Nc1cnccc1Cl)c1cc(O)ccc1O. The number of nitrogens with one attached hydrogen (secondary N) is 1. The Morgan fingerprint density at radius 2 is 2.06 bits per heavy atom. The van der Waals surface area contributed by atoms with Crippen molar-refractivity contribution in [1.82, 2.24) is 4.98 Å². The van der Waals surface area contributed by atoms with Crippen LogP contribution in [0.4, 0.5) is 5.69 Å². The topological polar surface area (TPSA) is 82.5 Å². The normalized spacial score (nSPS) is 10.1. The number of anilines is 1. The van der Waals surface area contributed by atoms with Gasteiger partial charge in [0, 0.05) is 6.20 Å². The summed E-state index contributed by atoms with van der Waals surface area (Å²) in [4.78, 5) is 15.7. The van der Waals surface area contributed by atoms with E-state index in [0.717, 1.165) is 6.07 Å². The zero-order chi connectivity index (χ0) is 13.1. The Balaban J connectivity index is 2.28. The van der Waals surface area contributed by atoms with Crippen LogP contribution >= 0.6 is 11.6 Å². The Kier molecular flexibility index (Phi) is 3.34. The predicted molar refractivity (Wildman–Crippen MR) is 67.0 cm³/mol. The number of rotatable bonds is 2. The van der Waals surface area contributed by atoms with E-state index in [1.807, 2.05) is 0 Å². The van der Waals surface area contributed by atoms with E-state index >= 15 is 0 Å². The van der Waals surface area contributed by atoms with Gasteiger partial charge in [0.25, 0.3) is 5.91 Å². The molecule has 0 spiro atoms. The lowest BCUT2D eigenvalue weighted by Crippen LogP contribution is -2.12. The molecule has 0 fully saturated rings. The summed E-state index contributed by atoms with van der Waals surface area (Å²) in [5, 5.41) is 21.6. The van der Waals surface area contributed by atoms with Gasteiger partial charge < -0.3 is 15.5 Å². The molecule has 0 atom stereocenters. The molecule has 1 aromatic carbocycles. The third kappa shape index (κ3) is 2.52. The van der Waals surface area contributed by atoms with Crippen LogP contribution < -0.4 is 5.32 Å². The molecule has 92 valence electrons. The van der Waals surface area contributed by atoms with Gasteiger partial charge in [0.05, 0.1) is 22.5 Å². The largest absolute Gasteiger partial charge is 0.508 e. The Hall–Kier alpha value is -2.27. The highest BCUT2D eigenvalue weighted by molar-refractivity contribution is 6.33. The van der Waals surface area contributed by atoms with Gasteiger partial charge in [-0.25, -0.2) is 0 Å². The van der Waals surface area contributed by atoms with E-state index in [2.05, 4.69) is 10.3 Å². The van der Waals surface area contributed by atoms with Gasteiger partial charge in [0.15, 0.2) is 0 Å². The number of phenols is 2. The number of carbonyl (C=O) groups is 1. The number of phenolic OH excluding ortho intramolecular Hbond substituents is 2. The molecule has 2 rings (SSSR count). The minimum absolute atomic E-state index is 0.0464. The summed E-state index contributed by atoms with van der Waals surface area (Å²) >= 11 is 5.86. The fraction of sp³-hybridized carbons (Fsp3) is 0. The Bertz CT molecular complexity index is 602. The highest BCUT2D eigenvalue weighted by atomic mass is 35.5. The van der Waals surface area contributed by atoms with Crippen LogP contribution in [0.15, 0.2) is 36.7 Å². The fourth-order valence-corrected chi connectivity index (χ4v) is 1.52. The molecular weight excluding hydrogens is 256 g/mol. The standard InChI is InChI=1S/C12H9ClN2O3/c13-9-3-4-14-6-10(9)15-12(18)8-5-7(16)1-2-11(8)17/h1-6,16-17H,(H,15,18). The second kappa shape index (κ2) is 4.93. The molecule has 6 heteroatoms. The molecule has 18 heavy (non-hydrogen) atoms. The molecule has 1 heterocycles. The molecule has 0 radical (unpaired) electrons. The molecule has 1 aromatic heterocycles. The second-order valence-corrected chi connectivity index (χ2v) is 3.92. The first-order chi connectivity index (χ1) is 8.58. The minimum Gasteiger partial charge on any atom is -0.508 e. The quantitative estimate of drug-likeness (QED) is 0.728. The van der Waals surface area contributed by atoms with Crippen molar-refractivity contribution in [1.29, 1.82) is 0 Å². The van der Waals surface area contributed by atoms with Gasteiger partial charge in [0.2, 0.25) is 0 Å². The number of hydrogen-bond donors (Lipinski definition) is 3. The van der Waals surface area contributed by atoms with Crippen molar-refractivity contribution in [2.75, 3.05) is 5.32 Å². The third-order valence-corrected chi connectivity index (χ3v) is 2.57. The number of pyridine rings is 1. The van der Waals surface area contributed by atoms with Crippen LogP contribution in [0.5, 0.6) is 11.5 Å². The Morgan fingerprint density at radius 3 is 2.78 bits per heavy atom. The molecule has 3 N–H and O–H groups in total. The summed E-state index contributed by atoms with van der Waals surface area (Å²) in [7, 11) is 0. The van der Waals surface area contributed by atoms with Gasteiger partial charge >= 0.3 is 0 Å². The Morgan fingerprint density at radius 1 is 1.28 bits per heavy atom. The number of nitrogens with zero attached hydrogens (tertiary/aromatic N) is 1. The predicted octanol–water partition coefficient (Wildman–Crippen LogP) is 2.40. The maximum absolute atomic E-state index is 11.9. The maximum Gasteiger partial charge on any atom is 0.259 e. The lowest BCUT2D eigenvalue weighted by molar-refractivity contribution is 0.102. The molecule has 0 bridgehead atoms. The van der Waals surface area contributed by atoms with Crippen LogP contribution in [0.3, 0.4) is 0 Å². The lowest BCUT2D eigenvalue weighted by atomic mass is 10.1. The van der Waals surface area contributed by atoms with Crippen molar-refractivity contribution in [3.8, 4) is 11.5 Å². The summed E-state index contributed by atoms with van der Waals surface area (Å²) in [6, 6.07) is 5.20. The molecule has 0 saturated heterocycles. The van der Waals surface area contributed by atoms with E-state index in [0.29, 0.717) is 10.7 Å². The van der Waals surface area contributed by atoms with E-state index in [-0.39, 0.29) is 17.1 Å². The number of halogens is 1. The van der Waals surface area contributed by atoms with Crippen molar-refractivity contribution in [3.05, 3.63) is 47.2 Å². The number of hydrogen-bond acceptors (Lipinski definition) is 4. The van der Waals surface area contributed by atoms with Gasteiger partial charge in [-0.05, 0) is 24.3 Å². The first kappa shape index (κ1) is 12.2.